The van der Waals surface area contributed by atoms with Gasteiger partial charge in [0.25, 0.3) is 5.69 Å². The fourth-order valence-electron chi connectivity index (χ4n) is 5.86. The van der Waals surface area contributed by atoms with Crippen LogP contribution in [0.4, 0.5) is 28.4 Å². The van der Waals surface area contributed by atoms with Crippen molar-refractivity contribution in [3.05, 3.63) is 82.4 Å². The molecule has 266 valence electrons. The van der Waals surface area contributed by atoms with Gasteiger partial charge in [-0.05, 0) is 73.5 Å². The van der Waals surface area contributed by atoms with E-state index in [1.165, 1.54) is 134 Å². The van der Waals surface area contributed by atoms with Crippen LogP contribution >= 0.6 is 0 Å². The van der Waals surface area contributed by atoms with Gasteiger partial charge in [0.05, 0.1) is 34.3 Å². The van der Waals surface area contributed by atoms with Crippen molar-refractivity contribution in [2.24, 2.45) is 20.5 Å². The second kappa shape index (κ2) is 25.1. The highest BCUT2D eigenvalue weighted by molar-refractivity contribution is 5.50. The molecule has 0 radical (unpaired) electrons. The Morgan fingerprint density at radius 2 is 0.857 bits per heavy atom. The molecule has 49 heavy (non-hydrogen) atoms. The van der Waals surface area contributed by atoms with Crippen molar-refractivity contribution in [2.45, 2.75) is 142 Å². The third kappa shape index (κ3) is 17.9. The second-order valence-electron chi connectivity index (χ2n) is 13.2. The normalized spacial score (nSPS) is 11.6. The van der Waals surface area contributed by atoms with Gasteiger partial charge < -0.3 is 4.74 Å². The Morgan fingerprint density at radius 3 is 1.24 bits per heavy atom. The number of ether oxygens (including phenoxy) is 1. The monoisotopic (exact) mass is 669 g/mol. The predicted octanol–water partition coefficient (Wildman–Crippen LogP) is 14.9. The maximum atomic E-state index is 10.8. The summed E-state index contributed by atoms with van der Waals surface area (Å²) in [5, 5.41) is 27.8. The Labute approximate surface area is 295 Å². The van der Waals surface area contributed by atoms with Crippen LogP contribution in [0.25, 0.3) is 0 Å². The van der Waals surface area contributed by atoms with Gasteiger partial charge in [0.15, 0.2) is 0 Å². The average Bonchev–Trinajstić information content (AvgIpc) is 3.11. The van der Waals surface area contributed by atoms with E-state index in [1.807, 2.05) is 37.3 Å². The molecule has 0 bridgehead atoms. The van der Waals surface area contributed by atoms with Gasteiger partial charge in [0.2, 0.25) is 0 Å². The minimum Gasteiger partial charge on any atom is -0.493 e. The lowest BCUT2D eigenvalue weighted by molar-refractivity contribution is -0.384. The molecular weight excluding hydrogens is 610 g/mol. The van der Waals surface area contributed by atoms with Crippen LogP contribution in [-0.4, -0.2) is 11.5 Å². The summed E-state index contributed by atoms with van der Waals surface area (Å²) in [7, 11) is 0. The smallest absolute Gasteiger partial charge is 0.269 e. The Kier molecular flexibility index (Phi) is 20.2. The van der Waals surface area contributed by atoms with E-state index < -0.39 is 4.92 Å². The van der Waals surface area contributed by atoms with E-state index in [4.69, 9.17) is 4.74 Å². The molecule has 0 heterocycles. The molecule has 0 fully saturated rings. The zero-order valence-electron chi connectivity index (χ0n) is 30.2. The van der Waals surface area contributed by atoms with Crippen LogP contribution in [0, 0.1) is 17.0 Å². The summed E-state index contributed by atoms with van der Waals surface area (Å²) < 4.78 is 6.05. The molecule has 0 spiro atoms. The molecular formula is C41H59N5O3. The molecule has 0 aliphatic heterocycles. The summed E-state index contributed by atoms with van der Waals surface area (Å²) in [6.45, 7) is 5.07. The van der Waals surface area contributed by atoms with Gasteiger partial charge >= 0.3 is 0 Å². The largest absolute Gasteiger partial charge is 0.493 e. The fourth-order valence-corrected chi connectivity index (χ4v) is 5.86. The third-order valence-corrected chi connectivity index (χ3v) is 8.89. The first-order chi connectivity index (χ1) is 24.0. The predicted molar refractivity (Wildman–Crippen MR) is 203 cm³/mol. The van der Waals surface area contributed by atoms with Gasteiger partial charge in [0, 0.05) is 12.1 Å². The number of azo groups is 2. The van der Waals surface area contributed by atoms with Crippen LogP contribution < -0.4 is 4.74 Å². The molecule has 0 saturated carbocycles. The Bertz CT molecular complexity index is 1370. The van der Waals surface area contributed by atoms with Crippen LogP contribution in [0.15, 0.2) is 87.2 Å². The number of rotatable bonds is 27. The lowest BCUT2D eigenvalue weighted by Gasteiger charge is -2.09. The molecule has 0 unspecified atom stereocenters. The first-order valence-electron chi connectivity index (χ1n) is 19.0. The van der Waals surface area contributed by atoms with Gasteiger partial charge in [0.1, 0.15) is 5.75 Å². The highest BCUT2D eigenvalue weighted by Gasteiger charge is 2.04. The van der Waals surface area contributed by atoms with Gasteiger partial charge in [-0.2, -0.15) is 20.5 Å². The van der Waals surface area contributed by atoms with E-state index in [9.17, 15) is 10.1 Å². The number of nitro benzene ring substituents is 1. The van der Waals surface area contributed by atoms with Gasteiger partial charge in [-0.25, -0.2) is 0 Å². The number of benzene rings is 3. The van der Waals surface area contributed by atoms with E-state index in [0.29, 0.717) is 17.1 Å². The van der Waals surface area contributed by atoms with Gasteiger partial charge in [-0.15, -0.1) is 0 Å². The van der Waals surface area contributed by atoms with Crippen LogP contribution in [0.1, 0.15) is 141 Å². The molecule has 3 rings (SSSR count). The summed E-state index contributed by atoms with van der Waals surface area (Å²) in [6, 6.07) is 19.1. The first kappa shape index (κ1) is 39.5. The molecule has 8 heteroatoms. The van der Waals surface area contributed by atoms with Crippen molar-refractivity contribution in [1.29, 1.82) is 0 Å². The summed E-state index contributed by atoms with van der Waals surface area (Å²) in [6.07, 6.45) is 27.7. The Hall–Kier alpha value is -3.94. The molecule has 0 aromatic heterocycles. The van der Waals surface area contributed by atoms with Crippen molar-refractivity contribution >= 4 is 28.4 Å². The van der Waals surface area contributed by atoms with E-state index >= 15 is 0 Å². The SMILES string of the molecule is CCCCCCCCCCCCCCCCCCCCCCOc1ccc(/N=N/c2ccc(/N=N/c3ccc([N+](=O)[O-])cc3)cc2)cc1C. The number of hydrogen-bond acceptors (Lipinski definition) is 7. The maximum absolute atomic E-state index is 10.8. The lowest BCUT2D eigenvalue weighted by atomic mass is 10.0. The number of nitro groups is 1. The van der Waals surface area contributed by atoms with Crippen LogP contribution in [0.3, 0.4) is 0 Å². The van der Waals surface area contributed by atoms with Crippen molar-refractivity contribution in [1.82, 2.24) is 0 Å². The topological polar surface area (TPSA) is 102 Å². The van der Waals surface area contributed by atoms with Crippen LogP contribution in [0.5, 0.6) is 5.75 Å². The number of nitrogens with zero attached hydrogens (tertiary/aromatic N) is 5. The summed E-state index contributed by atoms with van der Waals surface area (Å²) >= 11 is 0. The second-order valence-corrected chi connectivity index (χ2v) is 13.2. The standard InChI is InChI=1S/C41H59N5O3/c1-3-4-5-6-7-8-9-10-11-12-13-14-15-16-17-18-19-20-21-22-33-49-41-32-29-39(34-35(41)2)45-44-37-25-23-36(24-26-37)42-43-38-27-30-40(31-28-38)46(47)48/h23-32,34H,3-22,33H2,1-2H3/b43-42+,45-44+. The molecule has 3 aromatic carbocycles. The number of hydrogen-bond donors (Lipinski definition) is 0. The van der Waals surface area contributed by atoms with Gasteiger partial charge in [-0.1, -0.05) is 129 Å². The molecule has 3 aromatic rings. The maximum Gasteiger partial charge on any atom is 0.269 e. The number of non-ortho nitro benzene ring substituents is 1. The minimum atomic E-state index is -0.443. The molecule has 0 aliphatic carbocycles. The number of unbranched alkanes of at least 4 members (excludes halogenated alkanes) is 19. The van der Waals surface area contributed by atoms with Crippen molar-refractivity contribution in [2.75, 3.05) is 6.61 Å². The molecule has 0 atom stereocenters. The minimum absolute atomic E-state index is 0.0206. The summed E-state index contributed by atoms with van der Waals surface area (Å²) in [5.41, 5.74) is 3.73. The van der Waals surface area contributed by atoms with Gasteiger partial charge in [-0.3, -0.25) is 10.1 Å². The van der Waals surface area contributed by atoms with Crippen LogP contribution in [-0.2, 0) is 0 Å². The fraction of sp³-hybridized carbons (Fsp3) is 0.561. The zero-order valence-corrected chi connectivity index (χ0v) is 30.2. The van der Waals surface area contributed by atoms with Crippen molar-refractivity contribution in [3.63, 3.8) is 0 Å². The zero-order chi connectivity index (χ0) is 34.8. The molecule has 0 amide bonds. The number of aryl methyl sites for hydroxylation is 1. The van der Waals surface area contributed by atoms with E-state index in [-0.39, 0.29) is 5.69 Å². The quantitative estimate of drug-likeness (QED) is 0.0349. The Balaban J connectivity index is 1.18. The van der Waals surface area contributed by atoms with E-state index in [0.717, 1.165) is 30.0 Å². The highest BCUT2D eigenvalue weighted by atomic mass is 16.6. The lowest BCUT2D eigenvalue weighted by Crippen LogP contribution is -1.98. The summed E-state index contributed by atoms with van der Waals surface area (Å²) in [5.74, 6) is 0.902. The van der Waals surface area contributed by atoms with Crippen LogP contribution in [0.2, 0.25) is 0 Å². The van der Waals surface area contributed by atoms with E-state index in [1.54, 1.807) is 24.3 Å². The average molecular weight is 670 g/mol. The third-order valence-electron chi connectivity index (χ3n) is 8.89. The molecule has 0 aliphatic rings. The van der Waals surface area contributed by atoms with Crippen molar-refractivity contribution < 1.29 is 9.66 Å². The highest BCUT2D eigenvalue weighted by Crippen LogP contribution is 2.27. The molecule has 0 saturated heterocycles. The first-order valence-corrected chi connectivity index (χ1v) is 19.0. The molecule has 8 nitrogen and oxygen atoms in total. The molecule has 0 N–H and O–H groups in total. The summed E-state index contributed by atoms with van der Waals surface area (Å²) in [4.78, 5) is 10.3. The van der Waals surface area contributed by atoms with E-state index in [2.05, 4.69) is 27.4 Å². The van der Waals surface area contributed by atoms with Crippen molar-refractivity contribution in [3.8, 4) is 5.75 Å². The Morgan fingerprint density at radius 1 is 0.510 bits per heavy atom.